The maximum absolute atomic E-state index is 5.36. The molecular formula is C13H17N5O. The van der Waals surface area contributed by atoms with Gasteiger partial charge in [0.25, 0.3) is 0 Å². The predicted octanol–water partition coefficient (Wildman–Crippen LogP) is 1.74. The Balaban J connectivity index is 1.63. The van der Waals surface area contributed by atoms with Gasteiger partial charge >= 0.3 is 0 Å². The van der Waals surface area contributed by atoms with Gasteiger partial charge in [-0.1, -0.05) is 0 Å². The minimum Gasteiger partial charge on any atom is -0.428 e. The Bertz CT molecular complexity index is 502. The van der Waals surface area contributed by atoms with Gasteiger partial charge in [0.1, 0.15) is 0 Å². The minimum atomic E-state index is 0.392. The van der Waals surface area contributed by atoms with Crippen LogP contribution in [-0.4, -0.2) is 23.3 Å². The molecule has 100 valence electrons. The lowest BCUT2D eigenvalue weighted by atomic mass is 9.96. The van der Waals surface area contributed by atoms with Crippen molar-refractivity contribution in [2.24, 2.45) is 5.84 Å². The smallest absolute Gasteiger partial charge is 0.219 e. The molecule has 0 spiro atoms. The number of nitrogens with zero attached hydrogens (tertiary/aromatic N) is 3. The van der Waals surface area contributed by atoms with E-state index in [2.05, 4.69) is 32.7 Å². The van der Waals surface area contributed by atoms with Gasteiger partial charge in [-0.2, -0.15) is 0 Å². The summed E-state index contributed by atoms with van der Waals surface area (Å²) >= 11 is 0. The molecule has 6 heteroatoms. The molecule has 1 aliphatic rings. The molecule has 3 rings (SSSR count). The van der Waals surface area contributed by atoms with Gasteiger partial charge in [-0.25, -0.2) is 0 Å². The van der Waals surface area contributed by atoms with Crippen LogP contribution in [0.25, 0.3) is 0 Å². The van der Waals surface area contributed by atoms with Crippen LogP contribution in [0.1, 0.15) is 24.7 Å². The van der Waals surface area contributed by atoms with E-state index in [1.54, 1.807) is 0 Å². The van der Waals surface area contributed by atoms with E-state index in [1.807, 2.05) is 12.1 Å². The molecular weight excluding hydrogens is 242 g/mol. The molecule has 1 aromatic carbocycles. The first-order valence-electron chi connectivity index (χ1n) is 6.44. The van der Waals surface area contributed by atoms with Crippen molar-refractivity contribution in [3.63, 3.8) is 0 Å². The van der Waals surface area contributed by atoms with Crippen molar-refractivity contribution in [2.45, 2.75) is 18.8 Å². The average molecular weight is 259 g/mol. The van der Waals surface area contributed by atoms with Crippen molar-refractivity contribution in [3.8, 4) is 0 Å². The summed E-state index contributed by atoms with van der Waals surface area (Å²) in [6, 6.07) is 8.14. The van der Waals surface area contributed by atoms with Crippen LogP contribution in [0.15, 0.2) is 35.1 Å². The Morgan fingerprint density at radius 3 is 2.53 bits per heavy atom. The highest BCUT2D eigenvalue weighted by molar-refractivity contribution is 5.54. The third kappa shape index (κ3) is 2.53. The summed E-state index contributed by atoms with van der Waals surface area (Å²) in [5.74, 6) is 6.52. The number of anilines is 2. The zero-order valence-corrected chi connectivity index (χ0v) is 10.6. The van der Waals surface area contributed by atoms with Crippen molar-refractivity contribution in [1.82, 2.24) is 10.2 Å². The van der Waals surface area contributed by atoms with Crippen molar-refractivity contribution in [1.29, 1.82) is 0 Å². The lowest BCUT2D eigenvalue weighted by molar-refractivity contribution is 0.393. The zero-order chi connectivity index (χ0) is 13.1. The van der Waals surface area contributed by atoms with E-state index < -0.39 is 0 Å². The fourth-order valence-electron chi connectivity index (χ4n) is 2.51. The molecule has 1 fully saturated rings. The van der Waals surface area contributed by atoms with E-state index in [0.717, 1.165) is 37.5 Å². The topological polar surface area (TPSA) is 80.2 Å². The molecule has 2 heterocycles. The second kappa shape index (κ2) is 5.27. The summed E-state index contributed by atoms with van der Waals surface area (Å²) in [7, 11) is 0. The number of benzene rings is 1. The molecule has 1 aliphatic heterocycles. The van der Waals surface area contributed by atoms with E-state index >= 15 is 0 Å². The summed E-state index contributed by atoms with van der Waals surface area (Å²) in [4.78, 5) is 2.37. The molecule has 19 heavy (non-hydrogen) atoms. The Morgan fingerprint density at radius 2 is 1.95 bits per heavy atom. The van der Waals surface area contributed by atoms with Gasteiger partial charge in [0.05, 0.1) is 0 Å². The highest BCUT2D eigenvalue weighted by atomic mass is 16.4. The first kappa shape index (κ1) is 12.0. The largest absolute Gasteiger partial charge is 0.428 e. The Kier molecular flexibility index (Phi) is 3.33. The molecule has 1 aromatic heterocycles. The number of hydrogen-bond donors (Lipinski definition) is 2. The summed E-state index contributed by atoms with van der Waals surface area (Å²) in [6.45, 7) is 2.00. The van der Waals surface area contributed by atoms with Crippen LogP contribution in [0.4, 0.5) is 11.4 Å². The number of nitrogens with one attached hydrogen (secondary N) is 1. The molecule has 0 radical (unpaired) electrons. The van der Waals surface area contributed by atoms with Crippen LogP contribution in [0.2, 0.25) is 0 Å². The molecule has 0 amide bonds. The number of nitrogens with two attached hydrogens (primary N) is 1. The van der Waals surface area contributed by atoms with Gasteiger partial charge < -0.3 is 14.7 Å². The SMILES string of the molecule is NNc1ccc(N2CCC(c3nnco3)CC2)cc1. The molecule has 0 atom stereocenters. The summed E-state index contributed by atoms with van der Waals surface area (Å²) in [6.07, 6.45) is 3.48. The van der Waals surface area contributed by atoms with Crippen LogP contribution in [0.3, 0.4) is 0 Å². The molecule has 0 unspecified atom stereocenters. The second-order valence-corrected chi connectivity index (χ2v) is 4.73. The molecule has 0 aliphatic carbocycles. The van der Waals surface area contributed by atoms with Crippen LogP contribution >= 0.6 is 0 Å². The number of nitrogen functional groups attached to an aromatic ring is 1. The normalized spacial score (nSPS) is 16.6. The third-order valence-electron chi connectivity index (χ3n) is 3.62. The standard InChI is InChI=1S/C13H17N5O/c14-16-11-1-3-12(4-2-11)18-7-5-10(6-8-18)13-17-15-9-19-13/h1-4,9-10,16H,5-8,14H2. The van der Waals surface area contributed by atoms with Crippen molar-refractivity contribution in [3.05, 3.63) is 36.5 Å². The van der Waals surface area contributed by atoms with Gasteiger partial charge in [-0.15, -0.1) is 10.2 Å². The van der Waals surface area contributed by atoms with Gasteiger partial charge in [0, 0.05) is 30.4 Å². The Labute approximate surface area is 111 Å². The molecule has 2 aromatic rings. The fraction of sp³-hybridized carbons (Fsp3) is 0.385. The fourth-order valence-corrected chi connectivity index (χ4v) is 2.51. The van der Waals surface area contributed by atoms with E-state index in [9.17, 15) is 0 Å². The van der Waals surface area contributed by atoms with Crippen molar-refractivity contribution < 1.29 is 4.42 Å². The summed E-state index contributed by atoms with van der Waals surface area (Å²) in [5, 5.41) is 7.75. The van der Waals surface area contributed by atoms with Crippen LogP contribution in [0, 0.1) is 0 Å². The van der Waals surface area contributed by atoms with Gasteiger partial charge in [0.2, 0.25) is 12.3 Å². The van der Waals surface area contributed by atoms with Crippen molar-refractivity contribution >= 4 is 11.4 Å². The summed E-state index contributed by atoms with van der Waals surface area (Å²) in [5.41, 5.74) is 4.78. The first-order valence-corrected chi connectivity index (χ1v) is 6.44. The maximum atomic E-state index is 5.36. The van der Waals surface area contributed by atoms with E-state index in [0.29, 0.717) is 5.92 Å². The molecule has 3 N–H and O–H groups in total. The minimum absolute atomic E-state index is 0.392. The number of aromatic nitrogens is 2. The van der Waals surface area contributed by atoms with E-state index in [-0.39, 0.29) is 0 Å². The average Bonchev–Trinajstić information content (AvgIpc) is 3.02. The highest BCUT2D eigenvalue weighted by Gasteiger charge is 2.24. The van der Waals surface area contributed by atoms with Crippen LogP contribution in [0.5, 0.6) is 0 Å². The third-order valence-corrected chi connectivity index (χ3v) is 3.62. The van der Waals surface area contributed by atoms with Gasteiger partial charge in [0.15, 0.2) is 0 Å². The number of rotatable bonds is 3. The zero-order valence-electron chi connectivity index (χ0n) is 10.6. The molecule has 6 nitrogen and oxygen atoms in total. The Morgan fingerprint density at radius 1 is 1.21 bits per heavy atom. The monoisotopic (exact) mass is 259 g/mol. The number of piperidine rings is 1. The number of hydrazine groups is 1. The van der Waals surface area contributed by atoms with Crippen LogP contribution < -0.4 is 16.2 Å². The quantitative estimate of drug-likeness (QED) is 0.645. The van der Waals surface area contributed by atoms with Gasteiger partial charge in [-0.3, -0.25) is 5.84 Å². The van der Waals surface area contributed by atoms with Gasteiger partial charge in [-0.05, 0) is 37.1 Å². The predicted molar refractivity (Wildman–Crippen MR) is 72.7 cm³/mol. The second-order valence-electron chi connectivity index (χ2n) is 4.73. The van der Waals surface area contributed by atoms with E-state index in [4.69, 9.17) is 10.3 Å². The summed E-state index contributed by atoms with van der Waals surface area (Å²) < 4.78 is 5.28. The van der Waals surface area contributed by atoms with Crippen molar-refractivity contribution in [2.75, 3.05) is 23.4 Å². The first-order chi connectivity index (χ1) is 9.36. The Hall–Kier alpha value is -2.08. The maximum Gasteiger partial charge on any atom is 0.219 e. The molecule has 0 bridgehead atoms. The molecule has 1 saturated heterocycles. The molecule has 0 saturated carbocycles. The lowest BCUT2D eigenvalue weighted by Gasteiger charge is -2.32. The number of hydrogen-bond acceptors (Lipinski definition) is 6. The van der Waals surface area contributed by atoms with Crippen LogP contribution in [-0.2, 0) is 0 Å². The lowest BCUT2D eigenvalue weighted by Crippen LogP contribution is -2.32. The highest BCUT2D eigenvalue weighted by Crippen LogP contribution is 2.29. The van der Waals surface area contributed by atoms with E-state index in [1.165, 1.54) is 12.1 Å².